The maximum atomic E-state index is 12.6. The number of rotatable bonds is 5. The molecule has 1 N–H and O–H groups in total. The Balaban J connectivity index is 0. The van der Waals surface area contributed by atoms with Crippen molar-refractivity contribution < 1.29 is 67.0 Å². The lowest BCUT2D eigenvalue weighted by atomic mass is 9.94. The Kier molecular flexibility index (Phi) is 6.45. The summed E-state index contributed by atoms with van der Waals surface area (Å²) in [6.07, 6.45) is -7.52. The lowest BCUT2D eigenvalue weighted by molar-refractivity contribution is -0.436. The third-order valence-corrected chi connectivity index (χ3v) is 2.20. The maximum Gasteiger partial charge on any atom is 0.460 e. The molecule has 0 aromatic rings. The van der Waals surface area contributed by atoms with E-state index in [0.717, 1.165) is 0 Å². The van der Waals surface area contributed by atoms with Gasteiger partial charge in [-0.3, -0.25) is 0 Å². The van der Waals surface area contributed by atoms with Crippen LogP contribution >= 0.6 is 0 Å². The quantitative estimate of drug-likeness (QED) is 0.548. The molecule has 0 rings (SSSR count). The van der Waals surface area contributed by atoms with E-state index < -0.39 is 41.8 Å². The van der Waals surface area contributed by atoms with Crippen LogP contribution in [0.15, 0.2) is 13.2 Å². The normalized spacial score (nSPS) is 14.7. The molecular weight excluding hydrogens is 387 g/mol. The van der Waals surface area contributed by atoms with Crippen molar-refractivity contribution in [3.8, 4) is 0 Å². The predicted molar refractivity (Wildman–Crippen MR) is 49.7 cm³/mol. The molecule has 0 radical (unpaired) electrons. The van der Waals surface area contributed by atoms with Crippen LogP contribution in [0.5, 0.6) is 0 Å². The Labute approximate surface area is 123 Å². The smallest absolute Gasteiger partial charge is 0.460 e. The predicted octanol–water partition coefficient (Wildman–Crippen LogP) is 4.61. The second-order valence-corrected chi connectivity index (χ2v) is 3.67. The monoisotopic (exact) mass is 392 g/mol. The Morgan fingerprint density at radius 2 is 0.833 bits per heavy atom. The van der Waals surface area contributed by atoms with Crippen LogP contribution < -0.4 is 0 Å². The molecule has 0 fully saturated rings. The van der Waals surface area contributed by atoms with Crippen molar-refractivity contribution >= 4 is 5.97 Å². The van der Waals surface area contributed by atoms with Crippen LogP contribution in [-0.4, -0.2) is 46.9 Å². The summed E-state index contributed by atoms with van der Waals surface area (Å²) in [6, 6.07) is 0. The zero-order valence-electron chi connectivity index (χ0n) is 10.7. The molecule has 0 aliphatic rings. The van der Waals surface area contributed by atoms with Gasteiger partial charge in [0, 0.05) is 0 Å². The number of carboxylic acid groups (broad SMARTS) is 1. The van der Waals surface area contributed by atoms with Gasteiger partial charge in [0.2, 0.25) is 0 Å². The van der Waals surface area contributed by atoms with E-state index in [9.17, 15) is 61.9 Å². The first-order chi connectivity index (χ1) is 10.2. The first-order valence-corrected chi connectivity index (χ1v) is 4.88. The number of carboxylic acids is 1. The minimum absolute atomic E-state index is 3.00. The summed E-state index contributed by atoms with van der Waals surface area (Å²) in [5.74, 6) is -43.0. The Morgan fingerprint density at radius 3 is 1.04 bits per heavy atom. The van der Waals surface area contributed by atoms with Gasteiger partial charge in [0.05, 0.1) is 0 Å². The fourth-order valence-corrected chi connectivity index (χ4v) is 0.904. The molecule has 144 valence electrons. The van der Waals surface area contributed by atoms with Crippen LogP contribution in [0.25, 0.3) is 0 Å². The standard InChI is InChI=1S/C7HF13O2.C2H4/c8-2(9,1(21)22)3(10,11)4(12,13)5(14,15)6(16,17)7(18,19)20;1-2/h(H,21,22);1-2H2. The van der Waals surface area contributed by atoms with E-state index >= 15 is 0 Å². The largest absolute Gasteiger partial charge is 0.477 e. The minimum Gasteiger partial charge on any atom is -0.477 e. The van der Waals surface area contributed by atoms with Crippen molar-refractivity contribution in [3.05, 3.63) is 13.2 Å². The van der Waals surface area contributed by atoms with Crippen molar-refractivity contribution in [1.82, 2.24) is 0 Å². The highest BCUT2D eigenvalue weighted by Gasteiger charge is 2.91. The van der Waals surface area contributed by atoms with Crippen molar-refractivity contribution in [3.63, 3.8) is 0 Å². The van der Waals surface area contributed by atoms with Crippen LogP contribution in [0.3, 0.4) is 0 Å². The molecule has 0 bridgehead atoms. The molecule has 0 aliphatic heterocycles. The molecular formula is C9H5F13O2. The van der Waals surface area contributed by atoms with Crippen molar-refractivity contribution in [2.24, 2.45) is 0 Å². The second-order valence-electron chi connectivity index (χ2n) is 3.67. The van der Waals surface area contributed by atoms with E-state index in [-0.39, 0.29) is 0 Å². The molecule has 0 unspecified atom stereocenters. The molecule has 2 nitrogen and oxygen atoms in total. The molecule has 15 heteroatoms. The topological polar surface area (TPSA) is 37.3 Å². The minimum atomic E-state index is -8.08. The molecule has 0 heterocycles. The average molecular weight is 392 g/mol. The lowest BCUT2D eigenvalue weighted by Crippen LogP contribution is -2.71. The van der Waals surface area contributed by atoms with E-state index in [2.05, 4.69) is 13.2 Å². The van der Waals surface area contributed by atoms with Gasteiger partial charge in [-0.1, -0.05) is 0 Å². The highest BCUT2D eigenvalue weighted by molar-refractivity contribution is 5.77. The number of hydrogen-bond acceptors (Lipinski definition) is 1. The van der Waals surface area contributed by atoms with Crippen LogP contribution in [0.1, 0.15) is 0 Å². The number of hydrogen-bond donors (Lipinski definition) is 1. The third kappa shape index (κ3) is 3.11. The van der Waals surface area contributed by atoms with Crippen LogP contribution in [0.4, 0.5) is 57.1 Å². The van der Waals surface area contributed by atoms with Crippen LogP contribution in [-0.2, 0) is 4.79 Å². The molecule has 0 amide bonds. The molecule has 0 aliphatic carbocycles. The van der Waals surface area contributed by atoms with Gasteiger partial charge in [0.15, 0.2) is 0 Å². The number of aliphatic carboxylic acids is 1. The van der Waals surface area contributed by atoms with Gasteiger partial charge in [0.25, 0.3) is 0 Å². The van der Waals surface area contributed by atoms with Gasteiger partial charge in [0.1, 0.15) is 0 Å². The molecule has 0 saturated carbocycles. The fourth-order valence-electron chi connectivity index (χ4n) is 0.904. The average Bonchev–Trinajstić information content (AvgIpc) is 2.38. The molecule has 0 atom stereocenters. The Hall–Kier alpha value is -1.70. The summed E-state index contributed by atoms with van der Waals surface area (Å²) in [7, 11) is 0. The van der Waals surface area contributed by atoms with E-state index in [1.807, 2.05) is 0 Å². The Morgan fingerprint density at radius 1 is 0.583 bits per heavy atom. The summed E-state index contributed by atoms with van der Waals surface area (Å²) < 4.78 is 159. The number of halogens is 13. The van der Waals surface area contributed by atoms with Crippen molar-refractivity contribution in [2.75, 3.05) is 0 Å². The summed E-state index contributed by atoms with van der Waals surface area (Å²) in [5.41, 5.74) is 0. The number of carbonyl (C=O) groups is 1. The highest BCUT2D eigenvalue weighted by Crippen LogP contribution is 2.60. The zero-order valence-corrected chi connectivity index (χ0v) is 10.7. The SMILES string of the molecule is C=C.O=C(O)C(F)(F)C(F)(F)C(F)(F)C(F)(F)C(F)(F)C(F)(F)F. The molecule has 24 heavy (non-hydrogen) atoms. The van der Waals surface area contributed by atoms with Gasteiger partial charge in [-0.15, -0.1) is 13.2 Å². The van der Waals surface area contributed by atoms with E-state index in [1.165, 1.54) is 0 Å². The molecule has 0 aromatic carbocycles. The molecule has 0 spiro atoms. The van der Waals surface area contributed by atoms with Gasteiger partial charge < -0.3 is 5.11 Å². The molecule has 0 saturated heterocycles. The van der Waals surface area contributed by atoms with Gasteiger partial charge in [-0.25, -0.2) is 4.79 Å². The summed E-state index contributed by atoms with van der Waals surface area (Å²) in [5, 5.41) is 7.55. The first kappa shape index (κ1) is 24.6. The van der Waals surface area contributed by atoms with Gasteiger partial charge in [-0.05, 0) is 0 Å². The van der Waals surface area contributed by atoms with Crippen LogP contribution in [0.2, 0.25) is 0 Å². The summed E-state index contributed by atoms with van der Waals surface area (Å²) in [4.78, 5) is 9.67. The van der Waals surface area contributed by atoms with E-state index in [0.29, 0.717) is 0 Å². The third-order valence-electron chi connectivity index (χ3n) is 2.20. The van der Waals surface area contributed by atoms with E-state index in [4.69, 9.17) is 5.11 Å². The molecule has 0 aromatic heterocycles. The van der Waals surface area contributed by atoms with Gasteiger partial charge >= 0.3 is 41.8 Å². The second kappa shape index (κ2) is 6.31. The Bertz CT molecular complexity index is 465. The maximum absolute atomic E-state index is 12.6. The summed E-state index contributed by atoms with van der Waals surface area (Å²) >= 11 is 0. The first-order valence-electron chi connectivity index (χ1n) is 4.88. The van der Waals surface area contributed by atoms with E-state index in [1.54, 1.807) is 0 Å². The van der Waals surface area contributed by atoms with Crippen molar-refractivity contribution in [2.45, 2.75) is 35.8 Å². The van der Waals surface area contributed by atoms with Crippen LogP contribution in [0, 0.1) is 0 Å². The fraction of sp³-hybridized carbons (Fsp3) is 0.667. The van der Waals surface area contributed by atoms with Crippen molar-refractivity contribution in [1.29, 1.82) is 0 Å². The lowest BCUT2D eigenvalue weighted by Gasteiger charge is -2.38. The zero-order chi connectivity index (χ0) is 20.6. The number of alkyl halides is 13. The van der Waals surface area contributed by atoms with Gasteiger partial charge in [-0.2, -0.15) is 57.1 Å². The highest BCUT2D eigenvalue weighted by atomic mass is 19.4. The summed E-state index contributed by atoms with van der Waals surface area (Å²) in [6.45, 7) is 6.00.